The number of rotatable bonds is 5. The molecule has 0 aliphatic rings. The number of aryl methyl sites for hydroxylation is 1. The standard InChI is InChI=1S/C21H23FN2O5S2/c1-13-17(8-10-28-13)31(26,27)19-16(15-7-6-9-23-18(15)22)11-14(30-19)12-29-20(25)24(5)21(2,3)4/h6-11H,12H2,1-5H3. The van der Waals surface area contributed by atoms with Crippen LogP contribution in [0.25, 0.3) is 11.1 Å². The Hall–Kier alpha value is -2.72. The normalized spacial score (nSPS) is 12.1. The minimum atomic E-state index is -4.00. The monoisotopic (exact) mass is 466 g/mol. The first-order chi connectivity index (χ1) is 14.4. The second kappa shape index (κ2) is 8.43. The lowest BCUT2D eigenvalue weighted by molar-refractivity contribution is 0.0767. The summed E-state index contributed by atoms with van der Waals surface area (Å²) in [5.41, 5.74) is -0.238. The third kappa shape index (κ3) is 4.64. The summed E-state index contributed by atoms with van der Waals surface area (Å²) in [6, 6.07) is 5.84. The van der Waals surface area contributed by atoms with Gasteiger partial charge in [-0.3, -0.25) is 0 Å². The highest BCUT2D eigenvalue weighted by atomic mass is 32.2. The first-order valence-electron chi connectivity index (χ1n) is 9.36. The summed E-state index contributed by atoms with van der Waals surface area (Å²) in [7, 11) is -2.38. The van der Waals surface area contributed by atoms with Crippen molar-refractivity contribution in [1.29, 1.82) is 0 Å². The largest absolute Gasteiger partial charge is 0.468 e. The van der Waals surface area contributed by atoms with Crippen LogP contribution < -0.4 is 0 Å². The maximum Gasteiger partial charge on any atom is 0.410 e. The Labute approximate surface area is 184 Å². The van der Waals surface area contributed by atoms with Crippen LogP contribution in [0.3, 0.4) is 0 Å². The quantitative estimate of drug-likeness (QED) is 0.489. The average Bonchev–Trinajstić information content (AvgIpc) is 3.32. The summed E-state index contributed by atoms with van der Waals surface area (Å²) >= 11 is 0.918. The zero-order valence-corrected chi connectivity index (χ0v) is 19.4. The second-order valence-electron chi connectivity index (χ2n) is 7.88. The van der Waals surface area contributed by atoms with Crippen molar-refractivity contribution in [3.05, 3.63) is 53.3 Å². The minimum Gasteiger partial charge on any atom is -0.468 e. The van der Waals surface area contributed by atoms with E-state index in [1.165, 1.54) is 48.5 Å². The highest BCUT2D eigenvalue weighted by Crippen LogP contribution is 2.40. The van der Waals surface area contributed by atoms with Gasteiger partial charge in [0.05, 0.1) is 6.26 Å². The number of carbonyl (C=O) groups excluding carboxylic acids is 1. The molecule has 3 aromatic rings. The minimum absolute atomic E-state index is 0.00379. The Morgan fingerprint density at radius 2 is 2.00 bits per heavy atom. The number of nitrogens with zero attached hydrogens (tertiary/aromatic N) is 2. The van der Waals surface area contributed by atoms with Crippen molar-refractivity contribution in [3.8, 4) is 11.1 Å². The van der Waals surface area contributed by atoms with E-state index in [2.05, 4.69) is 4.98 Å². The molecule has 3 heterocycles. The van der Waals surface area contributed by atoms with Gasteiger partial charge in [-0.05, 0) is 52.0 Å². The molecule has 0 N–H and O–H groups in total. The zero-order chi connectivity index (χ0) is 23.0. The number of sulfone groups is 1. The van der Waals surface area contributed by atoms with Crippen LogP contribution in [0.1, 0.15) is 31.4 Å². The second-order valence-corrected chi connectivity index (χ2v) is 11.1. The predicted octanol–water partition coefficient (Wildman–Crippen LogP) is 5.05. The van der Waals surface area contributed by atoms with E-state index in [1.807, 2.05) is 20.8 Å². The fourth-order valence-electron chi connectivity index (χ4n) is 2.72. The number of thiophene rings is 1. The maximum atomic E-state index is 14.4. The molecular weight excluding hydrogens is 443 g/mol. The number of aromatic nitrogens is 1. The smallest absolute Gasteiger partial charge is 0.410 e. The number of hydrogen-bond acceptors (Lipinski definition) is 7. The number of ether oxygens (including phenoxy) is 1. The molecule has 0 fully saturated rings. The van der Waals surface area contributed by atoms with E-state index >= 15 is 0 Å². The fraction of sp³-hybridized carbons (Fsp3) is 0.333. The van der Waals surface area contributed by atoms with E-state index in [-0.39, 0.29) is 32.6 Å². The summed E-state index contributed by atoms with van der Waals surface area (Å²) in [5.74, 6) is -0.567. The Morgan fingerprint density at radius 1 is 1.29 bits per heavy atom. The molecular formula is C21H23FN2O5S2. The van der Waals surface area contributed by atoms with Crippen molar-refractivity contribution < 1.29 is 26.8 Å². The van der Waals surface area contributed by atoms with E-state index in [9.17, 15) is 17.6 Å². The van der Waals surface area contributed by atoms with Gasteiger partial charge in [-0.2, -0.15) is 4.39 Å². The molecule has 166 valence electrons. The first-order valence-corrected chi connectivity index (χ1v) is 11.7. The van der Waals surface area contributed by atoms with Crippen molar-refractivity contribution in [3.63, 3.8) is 0 Å². The molecule has 0 spiro atoms. The lowest BCUT2D eigenvalue weighted by Crippen LogP contribution is -2.42. The van der Waals surface area contributed by atoms with Gasteiger partial charge in [-0.15, -0.1) is 11.3 Å². The van der Waals surface area contributed by atoms with Gasteiger partial charge >= 0.3 is 6.09 Å². The van der Waals surface area contributed by atoms with Crippen LogP contribution in [-0.4, -0.2) is 37.0 Å². The number of amides is 1. The fourth-order valence-corrected chi connectivity index (χ4v) is 5.88. The Bertz CT molecular complexity index is 1210. The van der Waals surface area contributed by atoms with E-state index in [4.69, 9.17) is 9.15 Å². The van der Waals surface area contributed by atoms with Gasteiger partial charge < -0.3 is 14.1 Å². The van der Waals surface area contributed by atoms with Crippen LogP contribution in [0.4, 0.5) is 9.18 Å². The van der Waals surface area contributed by atoms with Crippen molar-refractivity contribution in [2.45, 2.75) is 48.9 Å². The molecule has 0 bridgehead atoms. The molecule has 0 aliphatic heterocycles. The molecule has 3 rings (SSSR count). The van der Waals surface area contributed by atoms with Crippen LogP contribution in [0.5, 0.6) is 0 Å². The predicted molar refractivity (Wildman–Crippen MR) is 114 cm³/mol. The summed E-state index contributed by atoms with van der Waals surface area (Å²) in [4.78, 5) is 17.8. The highest BCUT2D eigenvalue weighted by molar-refractivity contribution is 7.93. The molecule has 3 aromatic heterocycles. The first kappa shape index (κ1) is 23.0. The summed E-state index contributed by atoms with van der Waals surface area (Å²) in [5, 5.41) is 0. The molecule has 1 amide bonds. The lowest BCUT2D eigenvalue weighted by atomic mass is 10.1. The molecule has 0 atom stereocenters. The van der Waals surface area contributed by atoms with Crippen LogP contribution in [0.2, 0.25) is 0 Å². The zero-order valence-electron chi connectivity index (χ0n) is 17.8. The van der Waals surface area contributed by atoms with Gasteiger partial charge in [0.1, 0.15) is 21.5 Å². The average molecular weight is 467 g/mol. The van der Waals surface area contributed by atoms with Crippen molar-refractivity contribution in [1.82, 2.24) is 9.88 Å². The maximum absolute atomic E-state index is 14.4. The summed E-state index contributed by atoms with van der Waals surface area (Å²) < 4.78 is 51.5. The van der Waals surface area contributed by atoms with Gasteiger partial charge in [0, 0.05) is 34.8 Å². The Morgan fingerprint density at radius 3 is 2.58 bits per heavy atom. The molecule has 31 heavy (non-hydrogen) atoms. The van der Waals surface area contributed by atoms with Crippen LogP contribution in [-0.2, 0) is 21.2 Å². The molecule has 0 saturated heterocycles. The number of furan rings is 1. The molecule has 0 aliphatic carbocycles. The molecule has 0 saturated carbocycles. The Balaban J connectivity index is 2.03. The highest BCUT2D eigenvalue weighted by Gasteiger charge is 2.30. The van der Waals surface area contributed by atoms with E-state index in [0.717, 1.165) is 11.3 Å². The van der Waals surface area contributed by atoms with Gasteiger partial charge in [0.25, 0.3) is 0 Å². The lowest BCUT2D eigenvalue weighted by Gasteiger charge is -2.30. The topological polar surface area (TPSA) is 89.7 Å². The van der Waals surface area contributed by atoms with E-state index in [1.54, 1.807) is 7.05 Å². The van der Waals surface area contributed by atoms with Crippen LogP contribution in [0, 0.1) is 12.9 Å². The summed E-state index contributed by atoms with van der Waals surface area (Å²) in [6.45, 7) is 6.97. The van der Waals surface area contributed by atoms with Gasteiger partial charge in [0.2, 0.25) is 15.8 Å². The number of carbonyl (C=O) groups is 1. The number of pyridine rings is 1. The van der Waals surface area contributed by atoms with Gasteiger partial charge in [-0.1, -0.05) is 0 Å². The third-order valence-corrected chi connectivity index (χ3v) is 8.28. The van der Waals surface area contributed by atoms with Crippen molar-refractivity contribution in [2.75, 3.05) is 7.05 Å². The molecule has 0 aromatic carbocycles. The van der Waals surface area contributed by atoms with Crippen LogP contribution >= 0.6 is 11.3 Å². The van der Waals surface area contributed by atoms with Crippen molar-refractivity contribution in [2.24, 2.45) is 0 Å². The van der Waals surface area contributed by atoms with Crippen LogP contribution in [0.15, 0.2) is 50.2 Å². The molecule has 10 heteroatoms. The molecule has 0 unspecified atom stereocenters. The molecule has 0 radical (unpaired) electrons. The van der Waals surface area contributed by atoms with Gasteiger partial charge in [-0.25, -0.2) is 18.2 Å². The number of hydrogen-bond donors (Lipinski definition) is 0. The van der Waals surface area contributed by atoms with Gasteiger partial charge in [0.15, 0.2) is 0 Å². The third-order valence-electron chi connectivity index (χ3n) is 4.76. The molecule has 7 nitrogen and oxygen atoms in total. The van der Waals surface area contributed by atoms with Crippen molar-refractivity contribution >= 4 is 27.3 Å². The summed E-state index contributed by atoms with van der Waals surface area (Å²) in [6.07, 6.45) is 2.01. The SMILES string of the molecule is Cc1occc1S(=O)(=O)c1sc(COC(=O)N(C)C(C)(C)C)cc1-c1cccnc1F. The Kier molecular flexibility index (Phi) is 6.24. The van der Waals surface area contributed by atoms with E-state index < -0.39 is 27.4 Å². The number of halogens is 1. The van der Waals surface area contributed by atoms with E-state index in [0.29, 0.717) is 4.88 Å².